The normalized spacial score (nSPS) is 11.4. The Morgan fingerprint density at radius 1 is 1.50 bits per heavy atom. The molecule has 88 valence electrons. The zero-order chi connectivity index (χ0) is 12.5. The molecule has 0 aliphatic carbocycles. The Labute approximate surface area is 96.6 Å². The Balaban J connectivity index is 3.58. The second-order valence-corrected chi connectivity index (χ2v) is 5.54. The maximum Gasteiger partial charge on any atom is 0.336 e. The highest BCUT2D eigenvalue weighted by Crippen LogP contribution is 2.26. The number of carboxylic acid groups (broad SMARTS) is 1. The van der Waals surface area contributed by atoms with Crippen LogP contribution in [0.4, 0.5) is 4.39 Å². The molecule has 0 fully saturated rings. The van der Waals surface area contributed by atoms with Crippen molar-refractivity contribution in [1.82, 2.24) is 0 Å². The highest BCUT2D eigenvalue weighted by atomic mass is 35.5. The van der Waals surface area contributed by atoms with Gasteiger partial charge in [0, 0.05) is 6.26 Å². The molecule has 1 aromatic carbocycles. The molecule has 1 rings (SSSR count). The first-order valence-electron chi connectivity index (χ1n) is 4.09. The molecule has 0 aliphatic heterocycles. The van der Waals surface area contributed by atoms with Gasteiger partial charge in [-0.3, -0.25) is 0 Å². The quantitative estimate of drug-likeness (QED) is 0.907. The molecule has 0 bridgehead atoms. The van der Waals surface area contributed by atoms with Crippen molar-refractivity contribution in [2.75, 3.05) is 6.26 Å². The fraction of sp³-hybridized carbons (Fsp3) is 0.222. The van der Waals surface area contributed by atoms with Gasteiger partial charge in [-0.2, -0.15) is 0 Å². The molecular formula is C9H8ClFO4S. The molecule has 0 aliphatic rings. The van der Waals surface area contributed by atoms with Gasteiger partial charge in [-0.1, -0.05) is 11.6 Å². The van der Waals surface area contributed by atoms with Crippen LogP contribution < -0.4 is 0 Å². The first kappa shape index (κ1) is 12.9. The van der Waals surface area contributed by atoms with E-state index in [4.69, 9.17) is 16.7 Å². The summed E-state index contributed by atoms with van der Waals surface area (Å²) in [6.45, 7) is -1.02. The Morgan fingerprint density at radius 3 is 2.44 bits per heavy atom. The van der Waals surface area contributed by atoms with Gasteiger partial charge in [-0.25, -0.2) is 17.6 Å². The van der Waals surface area contributed by atoms with E-state index in [0.29, 0.717) is 0 Å². The molecule has 0 radical (unpaired) electrons. The molecule has 0 heterocycles. The van der Waals surface area contributed by atoms with Crippen LogP contribution >= 0.6 is 11.6 Å². The minimum atomic E-state index is -3.63. The van der Waals surface area contributed by atoms with E-state index in [1.54, 1.807) is 0 Å². The van der Waals surface area contributed by atoms with Crippen molar-refractivity contribution in [3.63, 3.8) is 0 Å². The zero-order valence-electron chi connectivity index (χ0n) is 8.20. The highest BCUT2D eigenvalue weighted by Gasteiger charge is 2.19. The molecule has 1 aromatic rings. The van der Waals surface area contributed by atoms with Gasteiger partial charge in [-0.15, -0.1) is 0 Å². The molecule has 0 saturated heterocycles. The van der Waals surface area contributed by atoms with Gasteiger partial charge in [0.15, 0.2) is 9.84 Å². The lowest BCUT2D eigenvalue weighted by atomic mass is 10.1. The first-order chi connectivity index (χ1) is 7.27. The average Bonchev–Trinajstić information content (AvgIpc) is 2.14. The number of rotatable bonds is 3. The third-order valence-corrected chi connectivity index (χ3v) is 3.49. The van der Waals surface area contributed by atoms with Crippen molar-refractivity contribution in [2.45, 2.75) is 11.6 Å². The Kier molecular flexibility index (Phi) is 3.54. The van der Waals surface area contributed by atoms with E-state index in [0.717, 1.165) is 18.4 Å². The molecule has 0 aromatic heterocycles. The standard InChI is InChI=1S/C9H8ClFO4S/c1-16(14,15)8-3-6(9(12)13)5(4-11)2-7(8)10/h2-3H,4H2,1H3,(H,12,13). The molecule has 0 amide bonds. The van der Waals surface area contributed by atoms with Gasteiger partial charge < -0.3 is 5.11 Å². The summed E-state index contributed by atoms with van der Waals surface area (Å²) in [4.78, 5) is 10.5. The van der Waals surface area contributed by atoms with E-state index < -0.39 is 28.0 Å². The average molecular weight is 267 g/mol. The summed E-state index contributed by atoms with van der Waals surface area (Å²) in [5.74, 6) is -1.39. The highest BCUT2D eigenvalue weighted by molar-refractivity contribution is 7.90. The van der Waals surface area contributed by atoms with Crippen molar-refractivity contribution in [2.24, 2.45) is 0 Å². The van der Waals surface area contributed by atoms with Crippen molar-refractivity contribution < 1.29 is 22.7 Å². The fourth-order valence-electron chi connectivity index (χ4n) is 1.19. The van der Waals surface area contributed by atoms with Crippen LogP contribution in [0.25, 0.3) is 0 Å². The fourth-order valence-corrected chi connectivity index (χ4v) is 2.54. The third-order valence-electron chi connectivity index (χ3n) is 1.93. The zero-order valence-corrected chi connectivity index (χ0v) is 9.77. The maximum atomic E-state index is 12.5. The molecule has 0 unspecified atom stereocenters. The molecule has 0 spiro atoms. The van der Waals surface area contributed by atoms with E-state index >= 15 is 0 Å². The Morgan fingerprint density at radius 2 is 2.06 bits per heavy atom. The van der Waals surface area contributed by atoms with Crippen LogP contribution in [0.2, 0.25) is 5.02 Å². The minimum Gasteiger partial charge on any atom is -0.478 e. The van der Waals surface area contributed by atoms with Crippen LogP contribution in [0.1, 0.15) is 15.9 Å². The molecule has 1 N–H and O–H groups in total. The number of carbonyl (C=O) groups is 1. The molecule has 16 heavy (non-hydrogen) atoms. The SMILES string of the molecule is CS(=O)(=O)c1cc(C(=O)O)c(CF)cc1Cl. The third kappa shape index (κ3) is 2.51. The summed E-state index contributed by atoms with van der Waals surface area (Å²) in [6, 6.07) is 1.89. The van der Waals surface area contributed by atoms with Gasteiger partial charge >= 0.3 is 5.97 Å². The number of hydrogen-bond acceptors (Lipinski definition) is 3. The van der Waals surface area contributed by atoms with Crippen molar-refractivity contribution in [1.29, 1.82) is 0 Å². The van der Waals surface area contributed by atoms with E-state index in [2.05, 4.69) is 0 Å². The minimum absolute atomic E-state index is 0.148. The lowest BCUT2D eigenvalue weighted by Crippen LogP contribution is -2.06. The number of hydrogen-bond donors (Lipinski definition) is 1. The van der Waals surface area contributed by atoms with E-state index in [9.17, 15) is 17.6 Å². The number of alkyl halides is 1. The van der Waals surface area contributed by atoms with Crippen LogP contribution in [0.3, 0.4) is 0 Å². The largest absolute Gasteiger partial charge is 0.478 e. The van der Waals surface area contributed by atoms with Gasteiger partial charge in [0.05, 0.1) is 15.5 Å². The maximum absolute atomic E-state index is 12.5. The lowest BCUT2D eigenvalue weighted by molar-refractivity contribution is 0.0694. The van der Waals surface area contributed by atoms with Crippen LogP contribution in [-0.2, 0) is 16.5 Å². The molecule has 7 heteroatoms. The Hall–Kier alpha value is -1.14. The molecule has 0 saturated carbocycles. The van der Waals surface area contributed by atoms with Crippen LogP contribution in [0, 0.1) is 0 Å². The molecule has 4 nitrogen and oxygen atoms in total. The number of benzene rings is 1. The summed E-state index contributed by atoms with van der Waals surface area (Å²) in [6.07, 6.45) is 0.898. The predicted molar refractivity (Wildman–Crippen MR) is 56.3 cm³/mol. The van der Waals surface area contributed by atoms with Crippen LogP contribution in [0.15, 0.2) is 17.0 Å². The van der Waals surface area contributed by atoms with Crippen molar-refractivity contribution in [3.8, 4) is 0 Å². The summed E-state index contributed by atoms with van der Waals surface area (Å²) in [5, 5.41) is 8.59. The van der Waals surface area contributed by atoms with E-state index in [-0.39, 0.29) is 15.5 Å². The van der Waals surface area contributed by atoms with Gasteiger partial charge in [-0.05, 0) is 17.7 Å². The molecular weight excluding hydrogens is 259 g/mol. The van der Waals surface area contributed by atoms with Gasteiger partial charge in [0.2, 0.25) is 0 Å². The first-order valence-corrected chi connectivity index (χ1v) is 6.36. The number of carboxylic acids is 1. The molecule has 0 atom stereocenters. The van der Waals surface area contributed by atoms with Crippen molar-refractivity contribution >= 4 is 27.4 Å². The smallest absolute Gasteiger partial charge is 0.336 e. The van der Waals surface area contributed by atoms with Crippen LogP contribution in [0.5, 0.6) is 0 Å². The van der Waals surface area contributed by atoms with E-state index in [1.165, 1.54) is 0 Å². The topological polar surface area (TPSA) is 71.4 Å². The number of aromatic carboxylic acids is 1. The number of halogens is 2. The number of sulfone groups is 1. The van der Waals surface area contributed by atoms with Crippen LogP contribution in [-0.4, -0.2) is 25.7 Å². The van der Waals surface area contributed by atoms with E-state index in [1.807, 2.05) is 0 Å². The summed E-state index contributed by atoms with van der Waals surface area (Å²) in [7, 11) is -3.63. The second-order valence-electron chi connectivity index (χ2n) is 3.15. The summed E-state index contributed by atoms with van der Waals surface area (Å²) in [5.41, 5.74) is -0.544. The second kappa shape index (κ2) is 4.39. The lowest BCUT2D eigenvalue weighted by Gasteiger charge is -2.07. The monoisotopic (exact) mass is 266 g/mol. The predicted octanol–water partition coefficient (Wildman–Crippen LogP) is 1.91. The summed E-state index contributed by atoms with van der Waals surface area (Å²) >= 11 is 5.63. The van der Waals surface area contributed by atoms with Crippen molar-refractivity contribution in [3.05, 3.63) is 28.3 Å². The van der Waals surface area contributed by atoms with Gasteiger partial charge in [0.1, 0.15) is 6.67 Å². The summed E-state index contributed by atoms with van der Waals surface area (Å²) < 4.78 is 35.0. The van der Waals surface area contributed by atoms with Gasteiger partial charge in [0.25, 0.3) is 0 Å². The Bertz CT molecular complexity index is 539.